The van der Waals surface area contributed by atoms with Gasteiger partial charge in [-0.2, -0.15) is 0 Å². The van der Waals surface area contributed by atoms with E-state index in [0.29, 0.717) is 0 Å². The second-order valence-electron chi connectivity index (χ2n) is 6.75. The zero-order valence-electron chi connectivity index (χ0n) is 14.8. The highest BCUT2D eigenvalue weighted by Crippen LogP contribution is 2.27. The van der Waals surface area contributed by atoms with E-state index in [-0.39, 0.29) is 5.91 Å². The summed E-state index contributed by atoms with van der Waals surface area (Å²) < 4.78 is 3.92. The molecule has 134 valence electrons. The average molecular weight is 357 g/mol. The summed E-state index contributed by atoms with van der Waals surface area (Å²) in [5, 5.41) is 0. The maximum absolute atomic E-state index is 13.0. The summed E-state index contributed by atoms with van der Waals surface area (Å²) >= 11 is 0. The highest BCUT2D eigenvalue weighted by Gasteiger charge is 2.24. The van der Waals surface area contributed by atoms with Gasteiger partial charge in [-0.25, -0.2) is 9.97 Å². The van der Waals surface area contributed by atoms with Crippen LogP contribution in [0.3, 0.4) is 0 Å². The molecule has 0 aromatic carbocycles. The quantitative estimate of drug-likeness (QED) is 0.564. The molecule has 1 fully saturated rings. The number of aromatic nitrogens is 4. The second-order valence-corrected chi connectivity index (χ2v) is 6.75. The van der Waals surface area contributed by atoms with Gasteiger partial charge in [0.1, 0.15) is 17.8 Å². The van der Waals surface area contributed by atoms with E-state index in [0.717, 1.165) is 54.2 Å². The Balaban J connectivity index is 1.60. The lowest BCUT2D eigenvalue weighted by molar-refractivity contribution is 0.0795. The Labute approximate surface area is 156 Å². The Bertz CT molecular complexity index is 1110. The van der Waals surface area contributed by atoms with E-state index in [1.807, 2.05) is 68.7 Å². The summed E-state index contributed by atoms with van der Waals surface area (Å²) in [6.07, 6.45) is 9.60. The maximum Gasteiger partial charge on any atom is 0.256 e. The fraction of sp³-hybridized carbons (Fsp3) is 0.190. The second kappa shape index (κ2) is 6.39. The number of hydrogen-bond donors (Lipinski definition) is 0. The molecular formula is C21H19N5O. The molecule has 0 unspecified atom stereocenters. The van der Waals surface area contributed by atoms with Gasteiger partial charge >= 0.3 is 0 Å². The van der Waals surface area contributed by atoms with Crippen LogP contribution >= 0.6 is 0 Å². The number of imidazole rings is 1. The van der Waals surface area contributed by atoms with Gasteiger partial charge in [0.05, 0.1) is 16.8 Å². The van der Waals surface area contributed by atoms with Gasteiger partial charge in [0.15, 0.2) is 0 Å². The van der Waals surface area contributed by atoms with E-state index in [1.54, 1.807) is 12.5 Å². The average Bonchev–Trinajstić information content (AvgIpc) is 3.47. The first-order valence-corrected chi connectivity index (χ1v) is 9.16. The summed E-state index contributed by atoms with van der Waals surface area (Å²) in [7, 11) is 0. The van der Waals surface area contributed by atoms with Gasteiger partial charge < -0.3 is 9.30 Å². The van der Waals surface area contributed by atoms with Gasteiger partial charge in [0.25, 0.3) is 5.91 Å². The molecule has 6 heteroatoms. The summed E-state index contributed by atoms with van der Waals surface area (Å²) in [5.74, 6) is 0.914. The molecule has 27 heavy (non-hydrogen) atoms. The molecule has 5 heterocycles. The number of likely N-dealkylation sites (tertiary alicyclic amines) is 1. The van der Waals surface area contributed by atoms with E-state index in [4.69, 9.17) is 0 Å². The van der Waals surface area contributed by atoms with Crippen LogP contribution < -0.4 is 0 Å². The van der Waals surface area contributed by atoms with Gasteiger partial charge in [0, 0.05) is 31.7 Å². The molecule has 1 aliphatic rings. The third-order valence-electron chi connectivity index (χ3n) is 5.06. The van der Waals surface area contributed by atoms with Crippen molar-refractivity contribution in [2.75, 3.05) is 13.1 Å². The Morgan fingerprint density at radius 3 is 2.67 bits per heavy atom. The number of hydrogen-bond acceptors (Lipinski definition) is 3. The molecule has 0 N–H and O–H groups in total. The lowest BCUT2D eigenvalue weighted by Crippen LogP contribution is -2.27. The zero-order chi connectivity index (χ0) is 18.2. The van der Waals surface area contributed by atoms with Crippen molar-refractivity contribution in [1.82, 2.24) is 23.8 Å². The lowest BCUT2D eigenvalue weighted by atomic mass is 10.2. The minimum absolute atomic E-state index is 0.103. The summed E-state index contributed by atoms with van der Waals surface area (Å²) in [5.41, 5.74) is 3.36. The molecule has 4 aromatic rings. The zero-order valence-corrected chi connectivity index (χ0v) is 14.8. The molecule has 0 saturated carbocycles. The van der Waals surface area contributed by atoms with Crippen LogP contribution in [0.2, 0.25) is 0 Å². The Kier molecular flexibility index (Phi) is 3.74. The molecule has 5 rings (SSSR count). The van der Waals surface area contributed by atoms with Crippen molar-refractivity contribution >= 4 is 11.4 Å². The predicted octanol–water partition coefficient (Wildman–Crippen LogP) is 3.42. The smallest absolute Gasteiger partial charge is 0.256 e. The van der Waals surface area contributed by atoms with Crippen LogP contribution in [0.25, 0.3) is 22.7 Å². The fourth-order valence-electron chi connectivity index (χ4n) is 3.70. The van der Waals surface area contributed by atoms with Crippen LogP contribution in [-0.2, 0) is 0 Å². The van der Waals surface area contributed by atoms with Gasteiger partial charge in [0.2, 0.25) is 0 Å². The maximum atomic E-state index is 13.0. The number of amides is 1. The molecule has 0 bridgehead atoms. The van der Waals surface area contributed by atoms with Crippen LogP contribution in [0, 0.1) is 0 Å². The lowest BCUT2D eigenvalue weighted by Gasteiger charge is -2.14. The van der Waals surface area contributed by atoms with Crippen molar-refractivity contribution in [2.45, 2.75) is 12.8 Å². The number of pyridine rings is 2. The summed E-state index contributed by atoms with van der Waals surface area (Å²) in [6, 6.07) is 13.6. The first kappa shape index (κ1) is 15.8. The Morgan fingerprint density at radius 1 is 1.00 bits per heavy atom. The van der Waals surface area contributed by atoms with E-state index in [2.05, 4.69) is 9.97 Å². The fourth-order valence-corrected chi connectivity index (χ4v) is 3.70. The summed E-state index contributed by atoms with van der Waals surface area (Å²) in [6.45, 7) is 1.68. The van der Waals surface area contributed by atoms with Crippen molar-refractivity contribution in [3.05, 3.63) is 72.9 Å². The first-order valence-electron chi connectivity index (χ1n) is 9.16. The van der Waals surface area contributed by atoms with Crippen molar-refractivity contribution < 1.29 is 4.79 Å². The van der Waals surface area contributed by atoms with Crippen LogP contribution in [0.15, 0.2) is 67.4 Å². The third kappa shape index (κ3) is 2.70. The molecule has 1 aliphatic heterocycles. The van der Waals surface area contributed by atoms with E-state index < -0.39 is 0 Å². The molecule has 1 saturated heterocycles. The summed E-state index contributed by atoms with van der Waals surface area (Å²) in [4.78, 5) is 23.9. The van der Waals surface area contributed by atoms with E-state index in [1.165, 1.54) is 0 Å². The van der Waals surface area contributed by atoms with E-state index >= 15 is 0 Å². The van der Waals surface area contributed by atoms with Gasteiger partial charge in [-0.05, 0) is 43.2 Å². The standard InChI is InChI=1S/C21H19N5O/c27-21(24-10-5-6-11-24)16-13-19(26-12-4-2-7-18(16)26)17-14-25(15-23-17)20-8-1-3-9-22-20/h1-4,7-9,12-15H,5-6,10-11H2. The van der Waals surface area contributed by atoms with Gasteiger partial charge in [-0.3, -0.25) is 9.36 Å². The molecular weight excluding hydrogens is 338 g/mol. The van der Waals surface area contributed by atoms with E-state index in [9.17, 15) is 4.79 Å². The molecule has 0 spiro atoms. The van der Waals surface area contributed by atoms with Crippen LogP contribution in [0.5, 0.6) is 0 Å². The minimum atomic E-state index is 0.103. The molecule has 1 amide bonds. The minimum Gasteiger partial charge on any atom is -0.339 e. The molecule has 0 aliphatic carbocycles. The molecule has 4 aromatic heterocycles. The Hall–Kier alpha value is -3.41. The van der Waals surface area contributed by atoms with Gasteiger partial charge in [-0.15, -0.1) is 0 Å². The van der Waals surface area contributed by atoms with Crippen molar-refractivity contribution in [3.63, 3.8) is 0 Å². The number of rotatable bonds is 3. The number of fused-ring (bicyclic) bond motifs is 1. The number of carbonyl (C=O) groups excluding carboxylic acids is 1. The highest BCUT2D eigenvalue weighted by molar-refractivity contribution is 6.02. The predicted molar refractivity (Wildman–Crippen MR) is 103 cm³/mol. The topological polar surface area (TPSA) is 55.4 Å². The number of nitrogens with zero attached hydrogens (tertiary/aromatic N) is 5. The SMILES string of the molecule is O=C(c1cc(-c2cn(-c3ccccn3)cn2)n2ccccc12)N1CCCC1. The molecule has 0 radical (unpaired) electrons. The van der Waals surface area contributed by atoms with Gasteiger partial charge in [-0.1, -0.05) is 12.1 Å². The van der Waals surface area contributed by atoms with Crippen molar-refractivity contribution in [1.29, 1.82) is 0 Å². The van der Waals surface area contributed by atoms with Crippen LogP contribution in [0.4, 0.5) is 0 Å². The monoisotopic (exact) mass is 357 g/mol. The highest BCUT2D eigenvalue weighted by atomic mass is 16.2. The normalized spacial score (nSPS) is 14.1. The number of carbonyl (C=O) groups is 1. The van der Waals surface area contributed by atoms with Crippen LogP contribution in [-0.4, -0.2) is 42.8 Å². The third-order valence-corrected chi connectivity index (χ3v) is 5.06. The Morgan fingerprint density at radius 2 is 1.85 bits per heavy atom. The van der Waals surface area contributed by atoms with Crippen molar-refractivity contribution in [3.8, 4) is 17.2 Å². The largest absolute Gasteiger partial charge is 0.339 e. The molecule has 6 nitrogen and oxygen atoms in total. The van der Waals surface area contributed by atoms with Crippen LogP contribution in [0.1, 0.15) is 23.2 Å². The molecule has 0 atom stereocenters. The van der Waals surface area contributed by atoms with Crippen molar-refractivity contribution in [2.24, 2.45) is 0 Å². The first-order chi connectivity index (χ1) is 13.3.